The summed E-state index contributed by atoms with van der Waals surface area (Å²) in [5, 5.41) is 9.09. The van der Waals surface area contributed by atoms with Crippen molar-refractivity contribution in [3.8, 4) is 0 Å². The van der Waals surface area contributed by atoms with Crippen molar-refractivity contribution in [1.29, 1.82) is 0 Å². The lowest BCUT2D eigenvalue weighted by Crippen LogP contribution is -2.42. The predicted octanol–water partition coefficient (Wildman–Crippen LogP) is 2.57. The Balaban J connectivity index is 2.45. The summed E-state index contributed by atoms with van der Waals surface area (Å²) in [7, 11) is -3.48. The van der Waals surface area contributed by atoms with Gasteiger partial charge in [-0.25, -0.2) is 8.42 Å². The maximum atomic E-state index is 12.6. The molecule has 2 heterocycles. The van der Waals surface area contributed by atoms with E-state index >= 15 is 0 Å². The Bertz CT molecular complexity index is 551. The summed E-state index contributed by atoms with van der Waals surface area (Å²) in [5.41, 5.74) is -0.334. The van der Waals surface area contributed by atoms with Crippen molar-refractivity contribution in [2.75, 3.05) is 6.54 Å². The van der Waals surface area contributed by atoms with Crippen LogP contribution in [-0.4, -0.2) is 29.9 Å². The van der Waals surface area contributed by atoms with E-state index in [-0.39, 0.29) is 17.0 Å². The minimum absolute atomic E-state index is 0.137. The molecule has 18 heavy (non-hydrogen) atoms. The molecule has 0 unspecified atom stereocenters. The fraction of sp³-hybridized carbons (Fsp3) is 0.636. The molecule has 0 amide bonds. The number of hydrogen-bond donors (Lipinski definition) is 1. The van der Waals surface area contributed by atoms with Crippen molar-refractivity contribution in [3.05, 3.63) is 14.7 Å². The van der Waals surface area contributed by atoms with Crippen LogP contribution in [0.25, 0.3) is 0 Å². The Morgan fingerprint density at radius 1 is 1.56 bits per heavy atom. The van der Waals surface area contributed by atoms with E-state index in [1.807, 2.05) is 13.8 Å². The minimum atomic E-state index is -3.48. The fourth-order valence-corrected chi connectivity index (χ4v) is 6.64. The lowest BCUT2D eigenvalue weighted by atomic mass is 10.0. The molecular weight excluding hydrogens is 338 g/mol. The second-order valence-electron chi connectivity index (χ2n) is 5.00. The van der Waals surface area contributed by atoms with E-state index in [1.165, 1.54) is 11.3 Å². The van der Waals surface area contributed by atoms with Gasteiger partial charge in [-0.1, -0.05) is 0 Å². The molecule has 0 saturated carbocycles. The summed E-state index contributed by atoms with van der Waals surface area (Å²) >= 11 is 4.54. The van der Waals surface area contributed by atoms with Gasteiger partial charge in [-0.3, -0.25) is 0 Å². The molecule has 4 nitrogen and oxygen atoms in total. The summed E-state index contributed by atoms with van der Waals surface area (Å²) in [6.45, 7) is 4.32. The quantitative estimate of drug-likeness (QED) is 0.908. The number of nitrogens with zero attached hydrogens (tertiary/aromatic N) is 1. The van der Waals surface area contributed by atoms with Crippen LogP contribution in [0, 0.1) is 0 Å². The second-order valence-corrected chi connectivity index (χ2v) is 9.29. The molecular formula is C11H16BrNO3S2. The number of sulfonamides is 1. The standard InChI is InChI=1S/C11H16BrNO3S2/c1-11(2)4-3-5-13(11)18(15,16)9-6-8(7-14)17-10(9)12/h6,14H,3-5,7H2,1-2H3. The van der Waals surface area contributed by atoms with E-state index in [2.05, 4.69) is 15.9 Å². The summed E-state index contributed by atoms with van der Waals surface area (Å²) in [6.07, 6.45) is 1.77. The Hall–Kier alpha value is 0.0500. The van der Waals surface area contributed by atoms with Gasteiger partial charge in [-0.15, -0.1) is 11.3 Å². The van der Waals surface area contributed by atoms with Crippen molar-refractivity contribution in [3.63, 3.8) is 0 Å². The number of hydrogen-bond acceptors (Lipinski definition) is 4. The third kappa shape index (κ3) is 2.38. The first-order valence-corrected chi connectivity index (χ1v) is 8.76. The fourth-order valence-electron chi connectivity index (χ4n) is 2.30. The Kier molecular flexibility index (Phi) is 3.91. The zero-order valence-electron chi connectivity index (χ0n) is 10.3. The number of halogens is 1. The Morgan fingerprint density at radius 2 is 2.22 bits per heavy atom. The summed E-state index contributed by atoms with van der Waals surface area (Å²) in [6, 6.07) is 1.55. The molecule has 0 bridgehead atoms. The van der Waals surface area contributed by atoms with Crippen molar-refractivity contribution < 1.29 is 13.5 Å². The van der Waals surface area contributed by atoms with Crippen molar-refractivity contribution in [2.45, 2.75) is 43.7 Å². The van der Waals surface area contributed by atoms with Gasteiger partial charge in [-0.2, -0.15) is 4.31 Å². The van der Waals surface area contributed by atoms with Gasteiger partial charge >= 0.3 is 0 Å². The van der Waals surface area contributed by atoms with Crippen LogP contribution in [0.2, 0.25) is 0 Å². The van der Waals surface area contributed by atoms with E-state index in [0.717, 1.165) is 12.8 Å². The van der Waals surface area contributed by atoms with E-state index < -0.39 is 10.0 Å². The first-order chi connectivity index (χ1) is 8.29. The van der Waals surface area contributed by atoms with Crippen LogP contribution in [0.3, 0.4) is 0 Å². The number of rotatable bonds is 3. The maximum absolute atomic E-state index is 12.6. The lowest BCUT2D eigenvalue weighted by molar-refractivity contribution is 0.285. The molecule has 0 aliphatic carbocycles. The first-order valence-electron chi connectivity index (χ1n) is 5.71. The molecule has 1 aromatic heterocycles. The van der Waals surface area contributed by atoms with Crippen LogP contribution in [0.4, 0.5) is 0 Å². The minimum Gasteiger partial charge on any atom is -0.391 e. The number of thiophene rings is 1. The average Bonchev–Trinajstić information content (AvgIpc) is 2.81. The highest BCUT2D eigenvalue weighted by atomic mass is 79.9. The van der Waals surface area contributed by atoms with E-state index in [0.29, 0.717) is 15.2 Å². The zero-order valence-corrected chi connectivity index (χ0v) is 13.5. The van der Waals surface area contributed by atoms with E-state index in [1.54, 1.807) is 10.4 Å². The van der Waals surface area contributed by atoms with Gasteiger partial charge in [0.05, 0.1) is 10.4 Å². The van der Waals surface area contributed by atoms with Crippen molar-refractivity contribution in [2.24, 2.45) is 0 Å². The highest BCUT2D eigenvalue weighted by Crippen LogP contribution is 2.39. The topological polar surface area (TPSA) is 57.6 Å². The molecule has 7 heteroatoms. The molecule has 1 fully saturated rings. The van der Waals surface area contributed by atoms with Crippen LogP contribution in [0.5, 0.6) is 0 Å². The Labute approximate surface area is 120 Å². The van der Waals surface area contributed by atoms with Gasteiger partial charge in [0.1, 0.15) is 4.90 Å². The van der Waals surface area contributed by atoms with Crippen LogP contribution < -0.4 is 0 Å². The lowest BCUT2D eigenvalue weighted by Gasteiger charge is -2.30. The molecule has 1 saturated heterocycles. The van der Waals surface area contributed by atoms with E-state index in [4.69, 9.17) is 5.11 Å². The average molecular weight is 354 g/mol. The molecule has 0 aromatic carbocycles. The Morgan fingerprint density at radius 3 is 2.67 bits per heavy atom. The van der Waals surface area contributed by atoms with Gasteiger partial charge in [0.2, 0.25) is 10.0 Å². The summed E-state index contributed by atoms with van der Waals surface area (Å²) in [5.74, 6) is 0. The van der Waals surface area contributed by atoms with Crippen molar-refractivity contribution >= 4 is 37.3 Å². The van der Waals surface area contributed by atoms with Gasteiger partial charge < -0.3 is 5.11 Å². The van der Waals surface area contributed by atoms with Crippen LogP contribution in [0.15, 0.2) is 14.7 Å². The van der Waals surface area contributed by atoms with Gasteiger partial charge in [0, 0.05) is 17.0 Å². The molecule has 0 spiro atoms. The molecule has 1 aliphatic heterocycles. The second kappa shape index (κ2) is 4.86. The SMILES string of the molecule is CC1(C)CCCN1S(=O)(=O)c1cc(CO)sc1Br. The highest BCUT2D eigenvalue weighted by molar-refractivity contribution is 9.11. The molecule has 1 aliphatic rings. The maximum Gasteiger partial charge on any atom is 0.245 e. The third-order valence-corrected chi connectivity index (χ3v) is 7.60. The number of aliphatic hydroxyl groups excluding tert-OH is 1. The van der Waals surface area contributed by atoms with Crippen molar-refractivity contribution in [1.82, 2.24) is 4.31 Å². The normalized spacial score (nSPS) is 20.4. The van der Waals surface area contributed by atoms with Crippen LogP contribution in [0.1, 0.15) is 31.6 Å². The van der Waals surface area contributed by atoms with Gasteiger partial charge in [-0.05, 0) is 48.7 Å². The summed E-state index contributed by atoms with van der Waals surface area (Å²) in [4.78, 5) is 0.920. The van der Waals surface area contributed by atoms with Crippen LogP contribution >= 0.6 is 27.3 Å². The molecule has 2 rings (SSSR count). The zero-order chi connectivity index (χ0) is 13.6. The molecule has 0 atom stereocenters. The number of aliphatic hydroxyl groups is 1. The third-order valence-electron chi connectivity index (χ3n) is 3.26. The smallest absolute Gasteiger partial charge is 0.245 e. The molecule has 1 N–H and O–H groups in total. The monoisotopic (exact) mass is 353 g/mol. The molecule has 1 aromatic rings. The predicted molar refractivity (Wildman–Crippen MR) is 75.1 cm³/mol. The van der Waals surface area contributed by atoms with Crippen LogP contribution in [-0.2, 0) is 16.6 Å². The molecule has 102 valence electrons. The molecule has 0 radical (unpaired) electrons. The van der Waals surface area contributed by atoms with Gasteiger partial charge in [0.15, 0.2) is 0 Å². The first kappa shape index (κ1) is 14.5. The van der Waals surface area contributed by atoms with Gasteiger partial charge in [0.25, 0.3) is 0 Å². The summed E-state index contributed by atoms with van der Waals surface area (Å²) < 4.78 is 27.4. The largest absolute Gasteiger partial charge is 0.391 e. The highest BCUT2D eigenvalue weighted by Gasteiger charge is 2.42. The van der Waals surface area contributed by atoms with E-state index in [9.17, 15) is 8.42 Å².